The van der Waals surface area contributed by atoms with Crippen LogP contribution in [-0.2, 0) is 23.8 Å². The van der Waals surface area contributed by atoms with E-state index in [4.69, 9.17) is 14.2 Å². The molecule has 0 heterocycles. The Labute approximate surface area is 218 Å². The van der Waals surface area contributed by atoms with Crippen LogP contribution in [0.5, 0.6) is 0 Å². The molecule has 3 atom stereocenters. The molecule has 1 aromatic rings. The largest absolute Gasteiger partial charge is 0.467 e. The molecule has 9 nitrogen and oxygen atoms in total. The summed E-state index contributed by atoms with van der Waals surface area (Å²) in [5.41, 5.74) is -0.987. The summed E-state index contributed by atoms with van der Waals surface area (Å²) in [6.07, 6.45) is 0.163. The maximum absolute atomic E-state index is 12.9. The van der Waals surface area contributed by atoms with Gasteiger partial charge >= 0.3 is 18.0 Å². The number of hydrogen-bond acceptors (Lipinski definition) is 7. The highest BCUT2D eigenvalue weighted by molar-refractivity contribution is 5.97. The molecule has 0 saturated heterocycles. The summed E-state index contributed by atoms with van der Waals surface area (Å²) in [7, 11) is 1.20. The Bertz CT molecular complexity index is 1140. The first-order chi connectivity index (χ1) is 17.2. The highest BCUT2D eigenvalue weighted by Gasteiger charge is 2.40. The summed E-state index contributed by atoms with van der Waals surface area (Å²) in [6.45, 7) is 10.1. The molecule has 1 aromatic carbocycles. The predicted octanol–water partition coefficient (Wildman–Crippen LogP) is 2.82. The highest BCUT2D eigenvalue weighted by Crippen LogP contribution is 2.37. The van der Waals surface area contributed by atoms with Gasteiger partial charge in [-0.15, -0.1) is 0 Å². The SMILES string of the molecule is COC(=O)C(NC(=O)c1ccc(C#CC#C[C@@H]2C[C@H]2COC(C)=O)cc1)C(C)(C)NC(=O)OC(C)(C)C. The number of esters is 2. The molecule has 1 fully saturated rings. The zero-order valence-corrected chi connectivity index (χ0v) is 22.3. The molecule has 2 amide bonds. The number of methoxy groups -OCH3 is 1. The second-order valence-corrected chi connectivity index (χ2v) is 10.3. The normalized spacial score (nSPS) is 16.9. The molecule has 2 rings (SSSR count). The second-order valence-electron chi connectivity index (χ2n) is 10.3. The van der Waals surface area contributed by atoms with Gasteiger partial charge in [0.25, 0.3) is 5.91 Å². The van der Waals surface area contributed by atoms with Crippen molar-refractivity contribution < 1.29 is 33.4 Å². The van der Waals surface area contributed by atoms with E-state index in [0.29, 0.717) is 17.7 Å². The number of alkyl carbamates (subject to hydrolysis) is 1. The van der Waals surface area contributed by atoms with Crippen LogP contribution in [0.15, 0.2) is 24.3 Å². The van der Waals surface area contributed by atoms with E-state index >= 15 is 0 Å². The van der Waals surface area contributed by atoms with E-state index in [0.717, 1.165) is 6.42 Å². The first kappa shape index (κ1) is 29.3. The fraction of sp³-hybridized carbons (Fsp3) is 0.500. The van der Waals surface area contributed by atoms with Gasteiger partial charge in [0.05, 0.1) is 19.3 Å². The lowest BCUT2D eigenvalue weighted by atomic mass is 9.94. The summed E-state index contributed by atoms with van der Waals surface area (Å²) in [5, 5.41) is 5.25. The third-order valence-electron chi connectivity index (χ3n) is 5.35. The van der Waals surface area contributed by atoms with Gasteiger partial charge in [0, 0.05) is 29.9 Å². The molecular formula is C28H34N2O7. The molecule has 1 unspecified atom stereocenters. The first-order valence-electron chi connectivity index (χ1n) is 11.9. The third kappa shape index (κ3) is 9.89. The van der Waals surface area contributed by atoms with E-state index in [1.807, 2.05) is 0 Å². The molecule has 1 saturated carbocycles. The Kier molecular flexibility index (Phi) is 9.74. The Morgan fingerprint density at radius 1 is 1.05 bits per heavy atom. The third-order valence-corrected chi connectivity index (χ3v) is 5.35. The zero-order chi connectivity index (χ0) is 27.8. The van der Waals surface area contributed by atoms with E-state index in [2.05, 4.69) is 34.3 Å². The number of benzene rings is 1. The van der Waals surface area contributed by atoms with Crippen LogP contribution < -0.4 is 10.6 Å². The fourth-order valence-corrected chi connectivity index (χ4v) is 3.28. The molecule has 9 heteroatoms. The van der Waals surface area contributed by atoms with E-state index in [9.17, 15) is 19.2 Å². The van der Waals surface area contributed by atoms with Crippen LogP contribution in [0.2, 0.25) is 0 Å². The zero-order valence-electron chi connectivity index (χ0n) is 22.3. The number of nitrogens with one attached hydrogen (secondary N) is 2. The lowest BCUT2D eigenvalue weighted by molar-refractivity contribution is -0.145. The maximum atomic E-state index is 12.9. The first-order valence-corrected chi connectivity index (χ1v) is 11.9. The number of carbonyl (C=O) groups excluding carboxylic acids is 4. The van der Waals surface area contributed by atoms with Gasteiger partial charge in [0.2, 0.25) is 0 Å². The van der Waals surface area contributed by atoms with Crippen molar-refractivity contribution in [3.63, 3.8) is 0 Å². The van der Waals surface area contributed by atoms with Crippen molar-refractivity contribution >= 4 is 23.9 Å². The summed E-state index contributed by atoms with van der Waals surface area (Å²) < 4.78 is 15.1. The Morgan fingerprint density at radius 2 is 1.70 bits per heavy atom. The van der Waals surface area contributed by atoms with E-state index in [1.165, 1.54) is 14.0 Å². The number of rotatable bonds is 7. The average molecular weight is 511 g/mol. The van der Waals surface area contributed by atoms with Gasteiger partial charge in [0.1, 0.15) is 11.6 Å². The van der Waals surface area contributed by atoms with E-state index in [-0.39, 0.29) is 17.8 Å². The van der Waals surface area contributed by atoms with Crippen molar-refractivity contribution in [1.29, 1.82) is 0 Å². The molecule has 2 N–H and O–H groups in total. The number of amides is 2. The monoisotopic (exact) mass is 510 g/mol. The Balaban J connectivity index is 2.00. The highest BCUT2D eigenvalue weighted by atomic mass is 16.6. The van der Waals surface area contributed by atoms with Crippen LogP contribution in [0, 0.1) is 35.5 Å². The minimum atomic E-state index is -1.21. The molecule has 0 radical (unpaired) electrons. The fourth-order valence-electron chi connectivity index (χ4n) is 3.28. The Morgan fingerprint density at radius 3 is 2.27 bits per heavy atom. The lowest BCUT2D eigenvalue weighted by Crippen LogP contribution is -2.62. The predicted molar refractivity (Wildman–Crippen MR) is 136 cm³/mol. The molecule has 198 valence electrons. The Hall–Kier alpha value is -3.98. The average Bonchev–Trinajstić information content (AvgIpc) is 3.55. The van der Waals surface area contributed by atoms with Gasteiger partial charge in [-0.1, -0.05) is 11.8 Å². The van der Waals surface area contributed by atoms with Gasteiger partial charge in [0.15, 0.2) is 0 Å². The smallest absolute Gasteiger partial charge is 0.408 e. The minimum Gasteiger partial charge on any atom is -0.467 e. The summed E-state index contributed by atoms with van der Waals surface area (Å²) in [4.78, 5) is 48.4. The van der Waals surface area contributed by atoms with Crippen molar-refractivity contribution in [2.75, 3.05) is 13.7 Å². The number of hydrogen-bond donors (Lipinski definition) is 2. The van der Waals surface area contributed by atoms with Crippen molar-refractivity contribution in [3.05, 3.63) is 35.4 Å². The van der Waals surface area contributed by atoms with E-state index < -0.39 is 35.2 Å². The van der Waals surface area contributed by atoms with Crippen LogP contribution in [0.1, 0.15) is 63.9 Å². The maximum Gasteiger partial charge on any atom is 0.408 e. The standard InChI is InChI=1S/C28H34N2O7/c1-18(31)36-17-22-16-21(22)11-9-8-10-19-12-14-20(15-13-19)24(32)29-23(25(33)35-7)28(5,6)30-26(34)37-27(2,3)4/h12-15,21-23H,16-17H2,1-7H3,(H,29,32)(H,30,34)/t21-,22+,23?/m1/s1. The number of carbonyl (C=O) groups is 4. The van der Waals surface area contributed by atoms with Crippen molar-refractivity contribution in [1.82, 2.24) is 10.6 Å². The minimum absolute atomic E-state index is 0.191. The molecule has 1 aliphatic rings. The van der Waals surface area contributed by atoms with Gasteiger partial charge in [-0.3, -0.25) is 9.59 Å². The van der Waals surface area contributed by atoms with Crippen LogP contribution in [0.4, 0.5) is 4.79 Å². The molecule has 0 aromatic heterocycles. The van der Waals surface area contributed by atoms with Gasteiger partial charge in [-0.25, -0.2) is 9.59 Å². The molecule has 0 bridgehead atoms. The summed E-state index contributed by atoms with van der Waals surface area (Å²) in [6, 6.07) is 5.30. The van der Waals surface area contributed by atoms with Gasteiger partial charge < -0.3 is 24.8 Å². The second kappa shape index (κ2) is 12.3. The molecule has 37 heavy (non-hydrogen) atoms. The molecular weight excluding hydrogens is 476 g/mol. The molecule has 0 aliphatic heterocycles. The molecule has 1 aliphatic carbocycles. The lowest BCUT2D eigenvalue weighted by Gasteiger charge is -2.34. The van der Waals surface area contributed by atoms with Crippen LogP contribution in [-0.4, -0.2) is 54.8 Å². The van der Waals surface area contributed by atoms with Crippen LogP contribution >= 0.6 is 0 Å². The van der Waals surface area contributed by atoms with Crippen molar-refractivity contribution in [2.45, 2.75) is 65.1 Å². The summed E-state index contributed by atoms with van der Waals surface area (Å²) >= 11 is 0. The van der Waals surface area contributed by atoms with Gasteiger partial charge in [-0.2, -0.15) is 0 Å². The van der Waals surface area contributed by atoms with Crippen molar-refractivity contribution in [3.8, 4) is 23.7 Å². The van der Waals surface area contributed by atoms with E-state index in [1.54, 1.807) is 58.9 Å². The van der Waals surface area contributed by atoms with Crippen LogP contribution in [0.25, 0.3) is 0 Å². The van der Waals surface area contributed by atoms with Gasteiger partial charge in [-0.05, 0) is 77.1 Å². The topological polar surface area (TPSA) is 120 Å². The van der Waals surface area contributed by atoms with Crippen molar-refractivity contribution in [2.24, 2.45) is 11.8 Å². The summed E-state index contributed by atoms with van der Waals surface area (Å²) in [5.74, 6) is 10.5. The number of ether oxygens (including phenoxy) is 3. The molecule has 0 spiro atoms. The quantitative estimate of drug-likeness (QED) is 0.329. The van der Waals surface area contributed by atoms with Crippen LogP contribution in [0.3, 0.4) is 0 Å².